The van der Waals surface area contributed by atoms with Crippen LogP contribution in [0.4, 0.5) is 0 Å². The average Bonchev–Trinajstić information content (AvgIpc) is 2.56. The first-order valence-electron chi connectivity index (χ1n) is 8.49. The minimum absolute atomic E-state index is 0.493. The molecule has 0 radical (unpaired) electrons. The molecular weight excluding hydrogens is 260 g/mol. The van der Waals surface area contributed by atoms with E-state index in [1.54, 1.807) is 0 Å². The van der Waals surface area contributed by atoms with E-state index in [4.69, 9.17) is 4.74 Å². The lowest BCUT2D eigenvalue weighted by Crippen LogP contribution is -2.38. The lowest BCUT2D eigenvalue weighted by atomic mass is 9.99. The van der Waals surface area contributed by atoms with Crippen LogP contribution in [0.1, 0.15) is 31.2 Å². The zero-order chi connectivity index (χ0) is 14.3. The summed E-state index contributed by atoms with van der Waals surface area (Å²) in [4.78, 5) is 2.56. The molecule has 0 aromatic heterocycles. The number of nitrogens with zero attached hydrogens (tertiary/aromatic N) is 1. The van der Waals surface area contributed by atoms with Crippen LogP contribution in [-0.4, -0.2) is 43.8 Å². The molecule has 0 spiro atoms. The monoisotopic (exact) mass is 288 g/mol. The number of piperidine rings is 2. The lowest BCUT2D eigenvalue weighted by Gasteiger charge is -2.33. The highest BCUT2D eigenvalue weighted by molar-refractivity contribution is 5.14. The number of hydrogen-bond acceptors (Lipinski definition) is 3. The molecule has 3 rings (SSSR count). The second-order valence-electron chi connectivity index (χ2n) is 6.49. The Hall–Kier alpha value is -0.900. The van der Waals surface area contributed by atoms with Gasteiger partial charge in [-0.25, -0.2) is 0 Å². The zero-order valence-electron chi connectivity index (χ0n) is 13.0. The largest absolute Gasteiger partial charge is 0.378 e. The summed E-state index contributed by atoms with van der Waals surface area (Å²) in [7, 11) is 0. The molecule has 0 aliphatic carbocycles. The molecule has 0 amide bonds. The summed E-state index contributed by atoms with van der Waals surface area (Å²) < 4.78 is 6.17. The van der Waals surface area contributed by atoms with Crippen LogP contribution in [0.25, 0.3) is 0 Å². The van der Waals surface area contributed by atoms with Crippen LogP contribution < -0.4 is 5.32 Å². The molecule has 2 fully saturated rings. The van der Waals surface area contributed by atoms with E-state index in [9.17, 15) is 0 Å². The highest BCUT2D eigenvalue weighted by atomic mass is 16.5. The molecule has 0 saturated carbocycles. The summed E-state index contributed by atoms with van der Waals surface area (Å²) in [6.45, 7) is 6.75. The maximum Gasteiger partial charge on any atom is 0.0599 e. The Balaban J connectivity index is 1.35. The third-order valence-electron chi connectivity index (χ3n) is 4.81. The topological polar surface area (TPSA) is 24.5 Å². The van der Waals surface area contributed by atoms with Crippen molar-refractivity contribution in [1.29, 1.82) is 0 Å². The fourth-order valence-corrected chi connectivity index (χ4v) is 3.40. The number of rotatable bonds is 5. The molecule has 21 heavy (non-hydrogen) atoms. The molecule has 2 saturated heterocycles. The van der Waals surface area contributed by atoms with Crippen molar-refractivity contribution in [1.82, 2.24) is 10.2 Å². The van der Waals surface area contributed by atoms with E-state index in [-0.39, 0.29) is 0 Å². The summed E-state index contributed by atoms with van der Waals surface area (Å²) in [5.74, 6) is 0.786. The van der Waals surface area contributed by atoms with Gasteiger partial charge in [0.05, 0.1) is 6.10 Å². The van der Waals surface area contributed by atoms with Gasteiger partial charge in [0.25, 0.3) is 0 Å². The third kappa shape index (κ3) is 4.80. The van der Waals surface area contributed by atoms with Gasteiger partial charge in [0, 0.05) is 26.2 Å². The van der Waals surface area contributed by atoms with Gasteiger partial charge in [-0.05, 0) is 50.3 Å². The normalized spacial score (nSPS) is 22.5. The number of likely N-dealkylation sites (tertiary alicyclic amines) is 1. The molecule has 0 bridgehead atoms. The maximum absolute atomic E-state index is 6.17. The Morgan fingerprint density at radius 1 is 1.00 bits per heavy atom. The van der Waals surface area contributed by atoms with Gasteiger partial charge in [-0.1, -0.05) is 30.3 Å². The van der Waals surface area contributed by atoms with Gasteiger partial charge >= 0.3 is 0 Å². The van der Waals surface area contributed by atoms with Gasteiger partial charge < -0.3 is 10.1 Å². The predicted molar refractivity (Wildman–Crippen MR) is 86.3 cm³/mol. The van der Waals surface area contributed by atoms with Crippen LogP contribution in [0.3, 0.4) is 0 Å². The second kappa shape index (κ2) is 7.92. The van der Waals surface area contributed by atoms with E-state index in [1.807, 2.05) is 0 Å². The summed E-state index contributed by atoms with van der Waals surface area (Å²) >= 11 is 0. The molecule has 3 heteroatoms. The SMILES string of the molecule is c1ccc(CN2CCC(OCC3CCNCC3)CC2)cc1. The van der Waals surface area contributed by atoms with Crippen LogP contribution in [0, 0.1) is 5.92 Å². The van der Waals surface area contributed by atoms with Crippen molar-refractivity contribution in [3.05, 3.63) is 35.9 Å². The quantitative estimate of drug-likeness (QED) is 0.901. The van der Waals surface area contributed by atoms with Crippen molar-refractivity contribution < 1.29 is 4.74 Å². The fraction of sp³-hybridized carbons (Fsp3) is 0.667. The van der Waals surface area contributed by atoms with E-state index in [0.717, 1.165) is 19.1 Å². The van der Waals surface area contributed by atoms with Gasteiger partial charge in [-0.15, -0.1) is 0 Å². The standard InChI is InChI=1S/C18H28N2O/c1-2-4-16(5-3-1)14-20-12-8-18(9-13-20)21-15-17-6-10-19-11-7-17/h1-5,17-19H,6-15H2. The Bertz CT molecular complexity index is 395. The summed E-state index contributed by atoms with van der Waals surface area (Å²) in [6.07, 6.45) is 5.45. The van der Waals surface area contributed by atoms with E-state index in [2.05, 4.69) is 40.5 Å². The average molecular weight is 288 g/mol. The first-order valence-corrected chi connectivity index (χ1v) is 8.49. The van der Waals surface area contributed by atoms with Crippen molar-refractivity contribution in [2.45, 2.75) is 38.3 Å². The van der Waals surface area contributed by atoms with Crippen molar-refractivity contribution in [2.24, 2.45) is 5.92 Å². The molecule has 3 nitrogen and oxygen atoms in total. The molecule has 1 N–H and O–H groups in total. The third-order valence-corrected chi connectivity index (χ3v) is 4.81. The molecule has 2 aliphatic rings. The van der Waals surface area contributed by atoms with Gasteiger partial charge in [0.1, 0.15) is 0 Å². The van der Waals surface area contributed by atoms with Crippen molar-refractivity contribution in [3.63, 3.8) is 0 Å². The predicted octanol–water partition coefficient (Wildman–Crippen LogP) is 2.67. The molecule has 1 aromatic rings. The summed E-state index contributed by atoms with van der Waals surface area (Å²) in [5.41, 5.74) is 1.42. The second-order valence-corrected chi connectivity index (χ2v) is 6.49. The molecular formula is C18H28N2O. The summed E-state index contributed by atoms with van der Waals surface area (Å²) in [6, 6.07) is 10.8. The first kappa shape index (κ1) is 15.0. The van der Waals surface area contributed by atoms with E-state index >= 15 is 0 Å². The Morgan fingerprint density at radius 3 is 2.43 bits per heavy atom. The van der Waals surface area contributed by atoms with Crippen molar-refractivity contribution >= 4 is 0 Å². The minimum Gasteiger partial charge on any atom is -0.378 e. The highest BCUT2D eigenvalue weighted by Crippen LogP contribution is 2.19. The minimum atomic E-state index is 0.493. The maximum atomic E-state index is 6.17. The lowest BCUT2D eigenvalue weighted by molar-refractivity contribution is -0.0147. The number of nitrogens with one attached hydrogen (secondary N) is 1. The first-order chi connectivity index (χ1) is 10.4. The number of benzene rings is 1. The van der Waals surface area contributed by atoms with E-state index in [1.165, 1.54) is 57.4 Å². The van der Waals surface area contributed by atoms with Gasteiger partial charge in [0.2, 0.25) is 0 Å². The van der Waals surface area contributed by atoms with Crippen LogP contribution in [0.2, 0.25) is 0 Å². The van der Waals surface area contributed by atoms with Crippen LogP contribution >= 0.6 is 0 Å². The van der Waals surface area contributed by atoms with Gasteiger partial charge in [-0.2, -0.15) is 0 Å². The Morgan fingerprint density at radius 2 is 1.71 bits per heavy atom. The molecule has 116 valence electrons. The van der Waals surface area contributed by atoms with Gasteiger partial charge in [0.15, 0.2) is 0 Å². The number of ether oxygens (including phenoxy) is 1. The fourth-order valence-electron chi connectivity index (χ4n) is 3.40. The molecule has 2 heterocycles. The van der Waals surface area contributed by atoms with Crippen molar-refractivity contribution in [3.8, 4) is 0 Å². The molecule has 0 unspecified atom stereocenters. The Kier molecular flexibility index (Phi) is 5.67. The Labute approximate surface area is 128 Å². The van der Waals surface area contributed by atoms with Crippen LogP contribution in [0.5, 0.6) is 0 Å². The summed E-state index contributed by atoms with van der Waals surface area (Å²) in [5, 5.41) is 3.42. The molecule has 2 aliphatic heterocycles. The van der Waals surface area contributed by atoms with E-state index < -0.39 is 0 Å². The van der Waals surface area contributed by atoms with E-state index in [0.29, 0.717) is 6.10 Å². The molecule has 1 aromatic carbocycles. The number of hydrogen-bond donors (Lipinski definition) is 1. The van der Waals surface area contributed by atoms with Gasteiger partial charge in [-0.3, -0.25) is 4.90 Å². The van der Waals surface area contributed by atoms with Crippen LogP contribution in [-0.2, 0) is 11.3 Å². The zero-order valence-corrected chi connectivity index (χ0v) is 13.0. The van der Waals surface area contributed by atoms with Crippen molar-refractivity contribution in [2.75, 3.05) is 32.8 Å². The smallest absolute Gasteiger partial charge is 0.0599 e. The molecule has 0 atom stereocenters. The van der Waals surface area contributed by atoms with Crippen LogP contribution in [0.15, 0.2) is 30.3 Å². The highest BCUT2D eigenvalue weighted by Gasteiger charge is 2.21.